The number of nitrogens with one attached hydrogen (secondary N) is 2. The van der Waals surface area contributed by atoms with E-state index in [-0.39, 0.29) is 26.8 Å². The molecule has 0 bridgehead atoms. The summed E-state index contributed by atoms with van der Waals surface area (Å²) in [6.07, 6.45) is 0. The number of rotatable bonds is 8. The van der Waals surface area contributed by atoms with Crippen molar-refractivity contribution in [3.05, 3.63) is 53.6 Å². The van der Waals surface area contributed by atoms with E-state index in [1.54, 1.807) is 26.0 Å². The molecule has 0 saturated carbocycles. The number of carbonyl (C=O) groups is 3. The molecule has 34 heavy (non-hydrogen) atoms. The van der Waals surface area contributed by atoms with Crippen LogP contribution in [0.2, 0.25) is 0 Å². The number of hydrogen-bond acceptors (Lipinski definition) is 7. The van der Waals surface area contributed by atoms with Gasteiger partial charge in [-0.25, -0.2) is 8.42 Å². The molecule has 180 valence electrons. The smallest absolute Gasteiger partial charge is 0.262 e. The van der Waals surface area contributed by atoms with Gasteiger partial charge in [0, 0.05) is 13.1 Å². The Bertz CT molecular complexity index is 1220. The molecule has 3 amide bonds. The van der Waals surface area contributed by atoms with Crippen molar-refractivity contribution in [3.63, 3.8) is 0 Å². The van der Waals surface area contributed by atoms with Crippen molar-refractivity contribution in [2.24, 2.45) is 0 Å². The van der Waals surface area contributed by atoms with Gasteiger partial charge in [-0.2, -0.15) is 4.31 Å². The molecule has 0 fully saturated rings. The number of ether oxygens (including phenoxy) is 1. The average molecular weight is 505 g/mol. The Kier molecular flexibility index (Phi) is 7.64. The highest BCUT2D eigenvalue weighted by Crippen LogP contribution is 2.29. The minimum atomic E-state index is -3.74. The molecule has 0 atom stereocenters. The summed E-state index contributed by atoms with van der Waals surface area (Å²) in [6, 6.07) is 10.6. The summed E-state index contributed by atoms with van der Waals surface area (Å²) in [5.41, 5.74) is 0.690. The van der Waals surface area contributed by atoms with Gasteiger partial charge in [-0.05, 0) is 42.5 Å². The molecule has 3 rings (SSSR count). The van der Waals surface area contributed by atoms with Crippen molar-refractivity contribution in [2.75, 3.05) is 32.1 Å². The van der Waals surface area contributed by atoms with Crippen LogP contribution < -0.4 is 15.4 Å². The van der Waals surface area contributed by atoms with Crippen LogP contribution in [0.4, 0.5) is 5.69 Å². The SMILES string of the molecule is CCN(CC)S(=O)(=O)c1ccc(OC)c(NC(=S)NC(=O)CN2C(=O)c3ccccc3C2=O)c1. The Morgan fingerprint density at radius 2 is 1.65 bits per heavy atom. The third-order valence-corrected chi connectivity index (χ3v) is 7.45. The van der Waals surface area contributed by atoms with E-state index in [9.17, 15) is 22.8 Å². The van der Waals surface area contributed by atoms with Gasteiger partial charge in [-0.1, -0.05) is 26.0 Å². The Morgan fingerprint density at radius 1 is 1.06 bits per heavy atom. The van der Waals surface area contributed by atoms with Crippen molar-refractivity contribution in [1.82, 2.24) is 14.5 Å². The van der Waals surface area contributed by atoms with Gasteiger partial charge in [0.15, 0.2) is 5.11 Å². The summed E-state index contributed by atoms with van der Waals surface area (Å²) in [6.45, 7) is 3.56. The highest BCUT2D eigenvalue weighted by atomic mass is 32.2. The number of benzene rings is 2. The van der Waals surface area contributed by atoms with E-state index in [2.05, 4.69) is 10.6 Å². The van der Waals surface area contributed by atoms with Gasteiger partial charge in [0.2, 0.25) is 15.9 Å². The topological polar surface area (TPSA) is 125 Å². The molecule has 0 saturated heterocycles. The molecule has 2 N–H and O–H groups in total. The van der Waals surface area contributed by atoms with Gasteiger partial charge in [0.1, 0.15) is 12.3 Å². The van der Waals surface area contributed by atoms with E-state index < -0.39 is 34.3 Å². The van der Waals surface area contributed by atoms with E-state index in [0.717, 1.165) is 4.90 Å². The van der Waals surface area contributed by atoms with Crippen molar-refractivity contribution < 1.29 is 27.5 Å². The first kappa shape index (κ1) is 25.3. The number of amides is 3. The molecule has 0 aromatic heterocycles. The molecule has 1 heterocycles. The monoisotopic (exact) mass is 504 g/mol. The zero-order chi connectivity index (χ0) is 25.0. The fourth-order valence-electron chi connectivity index (χ4n) is 3.50. The van der Waals surface area contributed by atoms with Gasteiger partial charge in [-0.3, -0.25) is 19.3 Å². The van der Waals surface area contributed by atoms with Crippen LogP contribution in [0.5, 0.6) is 5.75 Å². The predicted molar refractivity (Wildman–Crippen MR) is 129 cm³/mol. The van der Waals surface area contributed by atoms with E-state index in [0.29, 0.717) is 18.8 Å². The lowest BCUT2D eigenvalue weighted by molar-refractivity contribution is -0.120. The van der Waals surface area contributed by atoms with Crippen molar-refractivity contribution in [2.45, 2.75) is 18.7 Å². The van der Waals surface area contributed by atoms with Gasteiger partial charge in [0.05, 0.1) is 28.8 Å². The van der Waals surface area contributed by atoms with E-state index in [4.69, 9.17) is 17.0 Å². The number of methoxy groups -OCH3 is 1. The summed E-state index contributed by atoms with van der Waals surface area (Å²) in [5, 5.41) is 4.99. The second-order valence-electron chi connectivity index (χ2n) is 7.20. The van der Waals surface area contributed by atoms with Gasteiger partial charge >= 0.3 is 0 Å². The Morgan fingerprint density at radius 3 is 2.18 bits per heavy atom. The predicted octanol–water partition coefficient (Wildman–Crippen LogP) is 1.83. The molecular weight excluding hydrogens is 480 g/mol. The van der Waals surface area contributed by atoms with Crippen LogP contribution in [0.25, 0.3) is 0 Å². The van der Waals surface area contributed by atoms with Crippen molar-refractivity contribution in [3.8, 4) is 5.75 Å². The van der Waals surface area contributed by atoms with Crippen LogP contribution in [0.3, 0.4) is 0 Å². The molecule has 0 spiro atoms. The first-order valence-corrected chi connectivity index (χ1v) is 12.2. The van der Waals surface area contributed by atoms with Crippen LogP contribution in [-0.2, 0) is 14.8 Å². The first-order valence-electron chi connectivity index (χ1n) is 10.4. The number of carbonyl (C=O) groups excluding carboxylic acids is 3. The number of sulfonamides is 1. The fourth-order valence-corrected chi connectivity index (χ4v) is 5.21. The van der Waals surface area contributed by atoms with Crippen molar-refractivity contribution in [1.29, 1.82) is 0 Å². The van der Waals surface area contributed by atoms with Crippen LogP contribution in [0.1, 0.15) is 34.6 Å². The van der Waals surface area contributed by atoms with Gasteiger partial charge in [-0.15, -0.1) is 0 Å². The van der Waals surface area contributed by atoms with Crippen LogP contribution in [0, 0.1) is 0 Å². The Labute approximate surface area is 202 Å². The molecule has 0 unspecified atom stereocenters. The van der Waals surface area contributed by atoms with E-state index in [1.165, 1.54) is 41.7 Å². The minimum absolute atomic E-state index is 0.0275. The number of imide groups is 1. The molecule has 0 radical (unpaired) electrons. The third kappa shape index (κ3) is 4.93. The van der Waals surface area contributed by atoms with E-state index >= 15 is 0 Å². The fraction of sp³-hybridized carbons (Fsp3) is 0.273. The van der Waals surface area contributed by atoms with E-state index in [1.807, 2.05) is 0 Å². The van der Waals surface area contributed by atoms with Crippen LogP contribution in [0.15, 0.2) is 47.4 Å². The molecule has 1 aliphatic heterocycles. The molecule has 0 aliphatic carbocycles. The largest absolute Gasteiger partial charge is 0.495 e. The Balaban J connectivity index is 1.72. The number of hydrogen-bond donors (Lipinski definition) is 2. The van der Waals surface area contributed by atoms with Gasteiger partial charge in [0.25, 0.3) is 11.8 Å². The zero-order valence-electron chi connectivity index (χ0n) is 18.8. The zero-order valence-corrected chi connectivity index (χ0v) is 20.5. The standard InChI is InChI=1S/C22H24N4O6S2/c1-4-25(5-2)34(30,31)14-10-11-18(32-3)17(12-14)23-22(33)24-19(27)13-26-20(28)15-8-6-7-9-16(15)21(26)29/h6-12H,4-5,13H2,1-3H3,(H2,23,24,27,33). The van der Waals surface area contributed by atoms with Crippen molar-refractivity contribution >= 4 is 50.8 Å². The van der Waals surface area contributed by atoms with Crippen LogP contribution in [-0.4, -0.2) is 67.2 Å². The average Bonchev–Trinajstić information content (AvgIpc) is 3.04. The maximum Gasteiger partial charge on any atom is 0.262 e. The Hall–Kier alpha value is -3.35. The lowest BCUT2D eigenvalue weighted by Crippen LogP contribution is -2.43. The quantitative estimate of drug-likeness (QED) is 0.412. The van der Waals surface area contributed by atoms with Crippen LogP contribution >= 0.6 is 12.2 Å². The molecular formula is C22H24N4O6S2. The summed E-state index contributed by atoms with van der Waals surface area (Å²) in [5.74, 6) is -1.52. The second-order valence-corrected chi connectivity index (χ2v) is 9.54. The highest BCUT2D eigenvalue weighted by molar-refractivity contribution is 7.89. The maximum atomic E-state index is 12.8. The normalized spacial score (nSPS) is 13.1. The highest BCUT2D eigenvalue weighted by Gasteiger charge is 2.36. The molecule has 1 aliphatic rings. The van der Waals surface area contributed by atoms with Gasteiger partial charge < -0.3 is 15.4 Å². The number of fused-ring (bicyclic) bond motifs is 1. The lowest BCUT2D eigenvalue weighted by atomic mass is 10.1. The minimum Gasteiger partial charge on any atom is -0.495 e. The molecule has 2 aromatic rings. The molecule has 2 aromatic carbocycles. The first-order chi connectivity index (χ1) is 16.1. The molecule has 10 nitrogen and oxygen atoms in total. The third-order valence-electron chi connectivity index (χ3n) is 5.20. The molecule has 12 heteroatoms. The second kappa shape index (κ2) is 10.3. The lowest BCUT2D eigenvalue weighted by Gasteiger charge is -2.20. The summed E-state index contributed by atoms with van der Waals surface area (Å²) >= 11 is 5.18. The summed E-state index contributed by atoms with van der Waals surface area (Å²) < 4.78 is 32.3. The summed E-state index contributed by atoms with van der Waals surface area (Å²) in [4.78, 5) is 38.2. The number of anilines is 1. The maximum absolute atomic E-state index is 12.8. The summed E-state index contributed by atoms with van der Waals surface area (Å²) in [7, 11) is -2.33. The number of nitrogens with zero attached hydrogens (tertiary/aromatic N) is 2. The number of thiocarbonyl (C=S) groups is 1.